The van der Waals surface area contributed by atoms with Gasteiger partial charge in [0.25, 0.3) is 5.91 Å². The molecular weight excluding hydrogens is 342 g/mol. The lowest BCUT2D eigenvalue weighted by Crippen LogP contribution is -2.58. The van der Waals surface area contributed by atoms with Crippen LogP contribution in [0.1, 0.15) is 16.1 Å². The summed E-state index contributed by atoms with van der Waals surface area (Å²) in [6.45, 7) is 0.870. The first kappa shape index (κ1) is 17.0. The molecule has 0 spiro atoms. The number of benzene rings is 2. The molecule has 1 aliphatic heterocycles. The molecule has 1 aliphatic rings. The molecule has 6 heteroatoms. The van der Waals surface area contributed by atoms with Crippen LogP contribution in [-0.2, 0) is 11.2 Å². The van der Waals surface area contributed by atoms with Crippen LogP contribution in [0.2, 0.25) is 0 Å². The standard InChI is InChI=1S/C21H19N3O3/c25-20-18(13-15-7-3-1-4-8-15)24(12-11-22-20)21(26)17-14-19(27-23-17)16-9-5-2-6-10-16/h1-10,14,18H,11-13H2,(H,22,25)/t18-/m1/s1. The molecule has 1 aromatic heterocycles. The van der Waals surface area contributed by atoms with Crippen molar-refractivity contribution in [2.75, 3.05) is 13.1 Å². The van der Waals surface area contributed by atoms with Gasteiger partial charge >= 0.3 is 0 Å². The number of aromatic nitrogens is 1. The lowest BCUT2D eigenvalue weighted by Gasteiger charge is -2.34. The van der Waals surface area contributed by atoms with E-state index in [2.05, 4.69) is 10.5 Å². The Morgan fingerprint density at radius 3 is 2.56 bits per heavy atom. The van der Waals surface area contributed by atoms with Gasteiger partial charge in [-0.1, -0.05) is 65.8 Å². The lowest BCUT2D eigenvalue weighted by molar-refractivity contribution is -0.127. The van der Waals surface area contributed by atoms with Crippen LogP contribution in [0.15, 0.2) is 71.3 Å². The van der Waals surface area contributed by atoms with E-state index in [0.29, 0.717) is 25.3 Å². The zero-order valence-corrected chi connectivity index (χ0v) is 14.7. The Hall–Kier alpha value is -3.41. The zero-order chi connectivity index (χ0) is 18.6. The van der Waals surface area contributed by atoms with E-state index in [4.69, 9.17) is 4.52 Å². The van der Waals surface area contributed by atoms with Gasteiger partial charge in [-0.25, -0.2) is 0 Å². The molecule has 0 radical (unpaired) electrons. The third kappa shape index (κ3) is 3.60. The number of piperazine rings is 1. The van der Waals surface area contributed by atoms with Gasteiger partial charge in [0.05, 0.1) is 0 Å². The van der Waals surface area contributed by atoms with Crippen LogP contribution < -0.4 is 5.32 Å². The fourth-order valence-corrected chi connectivity index (χ4v) is 3.26. The predicted octanol–water partition coefficient (Wildman–Crippen LogP) is 2.52. The number of carbonyl (C=O) groups excluding carboxylic acids is 2. The number of nitrogens with zero attached hydrogens (tertiary/aromatic N) is 2. The lowest BCUT2D eigenvalue weighted by atomic mass is 10.0. The number of carbonyl (C=O) groups is 2. The molecule has 3 aromatic rings. The third-order valence-corrected chi connectivity index (χ3v) is 4.65. The molecule has 2 aromatic carbocycles. The maximum absolute atomic E-state index is 13.0. The van der Waals surface area contributed by atoms with E-state index in [1.165, 1.54) is 0 Å². The highest BCUT2D eigenvalue weighted by atomic mass is 16.5. The molecule has 27 heavy (non-hydrogen) atoms. The van der Waals surface area contributed by atoms with Crippen LogP contribution >= 0.6 is 0 Å². The Morgan fingerprint density at radius 1 is 1.11 bits per heavy atom. The average molecular weight is 361 g/mol. The minimum atomic E-state index is -0.564. The summed E-state index contributed by atoms with van der Waals surface area (Å²) in [6, 6.07) is 20.2. The summed E-state index contributed by atoms with van der Waals surface area (Å²) in [5.74, 6) is 0.0852. The summed E-state index contributed by atoms with van der Waals surface area (Å²) in [6.07, 6.45) is 0.460. The van der Waals surface area contributed by atoms with E-state index in [9.17, 15) is 9.59 Å². The molecule has 1 fully saturated rings. The van der Waals surface area contributed by atoms with E-state index in [-0.39, 0.29) is 17.5 Å². The van der Waals surface area contributed by atoms with Crippen molar-refractivity contribution in [3.8, 4) is 11.3 Å². The van der Waals surface area contributed by atoms with Gasteiger partial charge in [-0.3, -0.25) is 9.59 Å². The van der Waals surface area contributed by atoms with Gasteiger partial charge in [0.15, 0.2) is 11.5 Å². The molecule has 1 saturated heterocycles. The minimum Gasteiger partial charge on any atom is -0.355 e. The summed E-state index contributed by atoms with van der Waals surface area (Å²) in [5.41, 5.74) is 2.06. The second-order valence-electron chi connectivity index (χ2n) is 6.44. The van der Waals surface area contributed by atoms with Crippen LogP contribution in [0.25, 0.3) is 11.3 Å². The molecule has 2 amide bonds. The molecule has 1 atom stereocenters. The number of hydrogen-bond acceptors (Lipinski definition) is 4. The highest BCUT2D eigenvalue weighted by Gasteiger charge is 2.34. The molecule has 0 unspecified atom stereocenters. The average Bonchev–Trinajstić information content (AvgIpc) is 3.21. The maximum atomic E-state index is 13.0. The molecule has 2 heterocycles. The summed E-state index contributed by atoms with van der Waals surface area (Å²) in [5, 5.41) is 6.78. The molecule has 0 aliphatic carbocycles. The second kappa shape index (κ2) is 7.45. The maximum Gasteiger partial charge on any atom is 0.276 e. The molecule has 6 nitrogen and oxygen atoms in total. The van der Waals surface area contributed by atoms with Crippen LogP contribution in [0.3, 0.4) is 0 Å². The van der Waals surface area contributed by atoms with Crippen LogP contribution in [0.5, 0.6) is 0 Å². The first-order valence-electron chi connectivity index (χ1n) is 8.87. The van der Waals surface area contributed by atoms with E-state index >= 15 is 0 Å². The van der Waals surface area contributed by atoms with Gasteiger partial charge in [-0.2, -0.15) is 0 Å². The molecular formula is C21H19N3O3. The van der Waals surface area contributed by atoms with Crippen molar-refractivity contribution in [1.82, 2.24) is 15.4 Å². The number of rotatable bonds is 4. The normalized spacial score (nSPS) is 16.8. The number of amides is 2. The van der Waals surface area contributed by atoms with Crippen molar-refractivity contribution in [3.05, 3.63) is 78.0 Å². The topological polar surface area (TPSA) is 75.4 Å². The van der Waals surface area contributed by atoms with Crippen molar-refractivity contribution in [1.29, 1.82) is 0 Å². The molecule has 4 rings (SSSR count). The fraction of sp³-hybridized carbons (Fsp3) is 0.190. The number of hydrogen-bond donors (Lipinski definition) is 1. The summed E-state index contributed by atoms with van der Waals surface area (Å²) >= 11 is 0. The van der Waals surface area contributed by atoms with Crippen molar-refractivity contribution >= 4 is 11.8 Å². The quantitative estimate of drug-likeness (QED) is 0.775. The van der Waals surface area contributed by atoms with E-state index in [1.54, 1.807) is 11.0 Å². The molecule has 1 N–H and O–H groups in total. The van der Waals surface area contributed by atoms with Crippen molar-refractivity contribution in [2.24, 2.45) is 0 Å². The Morgan fingerprint density at radius 2 is 1.81 bits per heavy atom. The first-order valence-corrected chi connectivity index (χ1v) is 8.87. The van der Waals surface area contributed by atoms with E-state index in [0.717, 1.165) is 11.1 Å². The van der Waals surface area contributed by atoms with Gasteiger partial charge in [0.1, 0.15) is 6.04 Å². The Kier molecular flexibility index (Phi) is 4.70. The summed E-state index contributed by atoms with van der Waals surface area (Å²) in [4.78, 5) is 27.0. The Bertz CT molecular complexity index is 938. The van der Waals surface area contributed by atoms with Crippen molar-refractivity contribution in [2.45, 2.75) is 12.5 Å². The van der Waals surface area contributed by atoms with Crippen LogP contribution in [0.4, 0.5) is 0 Å². The summed E-state index contributed by atoms with van der Waals surface area (Å²) < 4.78 is 5.34. The van der Waals surface area contributed by atoms with Gasteiger partial charge in [0.2, 0.25) is 5.91 Å². The highest BCUT2D eigenvalue weighted by Crippen LogP contribution is 2.22. The molecule has 0 bridgehead atoms. The van der Waals surface area contributed by atoms with Crippen molar-refractivity contribution < 1.29 is 14.1 Å². The molecule has 136 valence electrons. The van der Waals surface area contributed by atoms with E-state index < -0.39 is 6.04 Å². The summed E-state index contributed by atoms with van der Waals surface area (Å²) in [7, 11) is 0. The van der Waals surface area contributed by atoms with E-state index in [1.807, 2.05) is 60.7 Å². The van der Waals surface area contributed by atoms with Gasteiger partial charge in [-0.15, -0.1) is 0 Å². The monoisotopic (exact) mass is 361 g/mol. The zero-order valence-electron chi connectivity index (χ0n) is 14.7. The third-order valence-electron chi connectivity index (χ3n) is 4.65. The van der Waals surface area contributed by atoms with Gasteiger partial charge in [-0.05, 0) is 5.56 Å². The second-order valence-corrected chi connectivity index (χ2v) is 6.44. The predicted molar refractivity (Wildman–Crippen MR) is 99.9 cm³/mol. The fourth-order valence-electron chi connectivity index (χ4n) is 3.26. The smallest absolute Gasteiger partial charge is 0.276 e. The Balaban J connectivity index is 1.57. The number of nitrogens with one attached hydrogen (secondary N) is 1. The highest BCUT2D eigenvalue weighted by molar-refractivity contribution is 5.97. The van der Waals surface area contributed by atoms with Gasteiger partial charge in [0, 0.05) is 31.1 Å². The van der Waals surface area contributed by atoms with Gasteiger partial charge < -0.3 is 14.7 Å². The van der Waals surface area contributed by atoms with Crippen LogP contribution in [0, 0.1) is 0 Å². The SMILES string of the molecule is O=C1NCCN(C(=O)c2cc(-c3ccccc3)on2)[C@@H]1Cc1ccccc1. The Labute approximate surface area is 156 Å². The van der Waals surface area contributed by atoms with Crippen molar-refractivity contribution in [3.63, 3.8) is 0 Å². The minimum absolute atomic E-state index is 0.148. The van der Waals surface area contributed by atoms with Crippen LogP contribution in [-0.4, -0.2) is 41.0 Å². The first-order chi connectivity index (χ1) is 13.2. The largest absolute Gasteiger partial charge is 0.355 e. The molecule has 0 saturated carbocycles.